The Hall–Kier alpha value is -2.18. The lowest BCUT2D eigenvalue weighted by Gasteiger charge is -2.23. The Labute approximate surface area is 147 Å². The maximum atomic E-state index is 11.9. The van der Waals surface area contributed by atoms with Crippen molar-refractivity contribution in [2.45, 2.75) is 38.4 Å². The first-order valence-corrected chi connectivity index (χ1v) is 8.22. The van der Waals surface area contributed by atoms with Gasteiger partial charge >= 0.3 is 11.9 Å². The summed E-state index contributed by atoms with van der Waals surface area (Å²) < 4.78 is 10.5. The third-order valence-corrected chi connectivity index (χ3v) is 4.45. The highest BCUT2D eigenvalue weighted by atomic mass is 16.6. The molecule has 25 heavy (non-hydrogen) atoms. The number of rotatable bonds is 4. The van der Waals surface area contributed by atoms with E-state index in [9.17, 15) is 14.7 Å². The lowest BCUT2D eigenvalue weighted by molar-refractivity contribution is -0.141. The molecule has 2 rings (SSSR count). The van der Waals surface area contributed by atoms with Crippen LogP contribution in [0.5, 0.6) is 0 Å². The number of hydrogen-bond donors (Lipinski definition) is 2. The van der Waals surface area contributed by atoms with Gasteiger partial charge in [-0.05, 0) is 25.3 Å². The van der Waals surface area contributed by atoms with Crippen LogP contribution in [0.25, 0.3) is 0 Å². The number of aliphatic hydroxyl groups excluding tert-OH is 2. The van der Waals surface area contributed by atoms with Gasteiger partial charge in [0.05, 0.1) is 24.2 Å². The molecule has 3 unspecified atom stereocenters. The molecule has 1 heterocycles. The van der Waals surface area contributed by atoms with E-state index in [0.717, 1.165) is 24.0 Å². The van der Waals surface area contributed by atoms with Crippen LogP contribution < -0.4 is 0 Å². The third kappa shape index (κ3) is 4.67. The number of carbonyl (C=O) groups is 2. The summed E-state index contributed by atoms with van der Waals surface area (Å²) >= 11 is 0. The Morgan fingerprint density at radius 2 is 2.20 bits per heavy atom. The van der Waals surface area contributed by atoms with Gasteiger partial charge in [0.1, 0.15) is 12.7 Å². The van der Waals surface area contributed by atoms with Crippen LogP contribution in [0.1, 0.15) is 26.2 Å². The Morgan fingerprint density at radius 3 is 2.88 bits per heavy atom. The molecule has 0 bridgehead atoms. The minimum Gasteiger partial charge on any atom is -0.458 e. The second kappa shape index (κ2) is 8.27. The van der Waals surface area contributed by atoms with Crippen LogP contribution in [0.2, 0.25) is 0 Å². The van der Waals surface area contributed by atoms with Gasteiger partial charge in [0.2, 0.25) is 0 Å². The Bertz CT molecular complexity index is 642. The van der Waals surface area contributed by atoms with Crippen LogP contribution in [0.3, 0.4) is 0 Å². The van der Waals surface area contributed by atoms with Crippen molar-refractivity contribution in [1.82, 2.24) is 0 Å². The Kier molecular flexibility index (Phi) is 6.33. The van der Waals surface area contributed by atoms with Gasteiger partial charge in [-0.15, -0.1) is 0 Å². The van der Waals surface area contributed by atoms with E-state index in [1.807, 2.05) is 13.0 Å². The summed E-state index contributed by atoms with van der Waals surface area (Å²) in [4.78, 5) is 23.5. The van der Waals surface area contributed by atoms with Gasteiger partial charge in [0, 0.05) is 12.0 Å². The first-order valence-electron chi connectivity index (χ1n) is 8.22. The second-order valence-corrected chi connectivity index (χ2v) is 6.44. The number of esters is 2. The zero-order valence-electron chi connectivity index (χ0n) is 14.4. The lowest BCUT2D eigenvalue weighted by atomic mass is 9.85. The van der Waals surface area contributed by atoms with Crippen LogP contribution in [0.15, 0.2) is 47.6 Å². The zero-order valence-corrected chi connectivity index (χ0v) is 14.4. The molecule has 136 valence electrons. The summed E-state index contributed by atoms with van der Waals surface area (Å²) in [6.07, 6.45) is 4.11. The van der Waals surface area contributed by atoms with Gasteiger partial charge in [-0.2, -0.15) is 0 Å². The predicted octanol–water partition coefficient (Wildman–Crippen LogP) is 1.59. The van der Waals surface area contributed by atoms with E-state index in [2.05, 4.69) is 13.2 Å². The van der Waals surface area contributed by atoms with E-state index in [4.69, 9.17) is 14.6 Å². The summed E-state index contributed by atoms with van der Waals surface area (Å²) in [5, 5.41) is 19.4. The predicted molar refractivity (Wildman–Crippen MR) is 91.4 cm³/mol. The first-order chi connectivity index (χ1) is 11.8. The fourth-order valence-electron chi connectivity index (χ4n) is 3.01. The van der Waals surface area contributed by atoms with Crippen molar-refractivity contribution in [3.8, 4) is 0 Å². The molecule has 0 aromatic rings. The lowest BCUT2D eigenvalue weighted by Crippen LogP contribution is -2.29. The summed E-state index contributed by atoms with van der Waals surface area (Å²) in [5.41, 5.74) is 2.03. The molecule has 1 fully saturated rings. The Balaban J connectivity index is 2.17. The smallest absolute Gasteiger partial charge is 0.336 e. The quantitative estimate of drug-likeness (QED) is 0.455. The van der Waals surface area contributed by atoms with Gasteiger partial charge in [-0.25, -0.2) is 9.59 Å². The topological polar surface area (TPSA) is 93.1 Å². The molecule has 2 aliphatic rings. The molecule has 1 aliphatic carbocycles. The van der Waals surface area contributed by atoms with Gasteiger partial charge in [-0.1, -0.05) is 30.9 Å². The molecular weight excluding hydrogens is 324 g/mol. The Morgan fingerprint density at radius 1 is 1.48 bits per heavy atom. The van der Waals surface area contributed by atoms with Crippen LogP contribution in [0, 0.1) is 5.92 Å². The zero-order chi connectivity index (χ0) is 18.6. The average molecular weight is 348 g/mol. The van der Waals surface area contributed by atoms with E-state index < -0.39 is 36.7 Å². The van der Waals surface area contributed by atoms with Crippen molar-refractivity contribution in [1.29, 1.82) is 0 Å². The molecule has 1 saturated heterocycles. The molecule has 6 heteroatoms. The molecule has 0 spiro atoms. The maximum absolute atomic E-state index is 11.9. The highest BCUT2D eigenvalue weighted by molar-refractivity contribution is 5.91. The molecule has 0 aromatic carbocycles. The molecule has 0 amide bonds. The summed E-state index contributed by atoms with van der Waals surface area (Å²) in [6.45, 7) is 8.64. The number of carbonyl (C=O) groups excluding carboxylic acids is 2. The van der Waals surface area contributed by atoms with Crippen molar-refractivity contribution in [3.63, 3.8) is 0 Å². The largest absolute Gasteiger partial charge is 0.458 e. The van der Waals surface area contributed by atoms with E-state index in [-0.39, 0.29) is 17.8 Å². The summed E-state index contributed by atoms with van der Waals surface area (Å²) in [5.74, 6) is -1.70. The van der Waals surface area contributed by atoms with E-state index in [1.54, 1.807) is 6.08 Å². The highest BCUT2D eigenvalue weighted by Gasteiger charge is 2.42. The molecule has 0 saturated carbocycles. The van der Waals surface area contributed by atoms with Gasteiger partial charge in [-0.3, -0.25) is 0 Å². The molecule has 1 aliphatic heterocycles. The summed E-state index contributed by atoms with van der Waals surface area (Å²) in [6, 6.07) is 0. The summed E-state index contributed by atoms with van der Waals surface area (Å²) in [7, 11) is 0. The van der Waals surface area contributed by atoms with E-state index >= 15 is 0 Å². The standard InChI is InChI=1S/C19H24O6/c1-11-5-4-6-14(10-24-18(22)12(2)9-20)8-16-17(15(21)7-11)13(3)19(23)25-16/h6-7,15-17,20-21H,2-5,8-10H2,1H3. The third-order valence-electron chi connectivity index (χ3n) is 4.45. The highest BCUT2D eigenvalue weighted by Crippen LogP contribution is 2.35. The fourth-order valence-corrected chi connectivity index (χ4v) is 3.01. The van der Waals surface area contributed by atoms with Crippen LogP contribution in [-0.4, -0.2) is 47.6 Å². The molecule has 6 nitrogen and oxygen atoms in total. The molecule has 0 radical (unpaired) electrons. The number of ether oxygens (including phenoxy) is 2. The molecule has 0 aromatic heterocycles. The van der Waals surface area contributed by atoms with Crippen LogP contribution >= 0.6 is 0 Å². The minimum atomic E-state index is -0.847. The van der Waals surface area contributed by atoms with Crippen molar-refractivity contribution in [2.75, 3.05) is 13.2 Å². The van der Waals surface area contributed by atoms with E-state index in [1.165, 1.54) is 0 Å². The van der Waals surface area contributed by atoms with Gasteiger partial charge in [0.25, 0.3) is 0 Å². The maximum Gasteiger partial charge on any atom is 0.336 e. The van der Waals surface area contributed by atoms with Gasteiger partial charge in [0.15, 0.2) is 0 Å². The fraction of sp³-hybridized carbons (Fsp3) is 0.474. The van der Waals surface area contributed by atoms with Gasteiger partial charge < -0.3 is 19.7 Å². The second-order valence-electron chi connectivity index (χ2n) is 6.44. The first kappa shape index (κ1) is 19.1. The number of aliphatic hydroxyl groups is 2. The minimum absolute atomic E-state index is 0.0178. The SMILES string of the molecule is C=C(CO)C(=O)OCC1=CCCC(C)=CC(O)C2C(=C)C(=O)OC2C1. The molecule has 2 N–H and O–H groups in total. The van der Waals surface area contributed by atoms with Crippen molar-refractivity contribution >= 4 is 11.9 Å². The average Bonchev–Trinajstić information content (AvgIpc) is 2.84. The number of hydrogen-bond acceptors (Lipinski definition) is 6. The van der Waals surface area contributed by atoms with Crippen molar-refractivity contribution in [2.24, 2.45) is 5.92 Å². The van der Waals surface area contributed by atoms with Crippen LogP contribution in [0.4, 0.5) is 0 Å². The number of fused-ring (bicyclic) bond motifs is 1. The van der Waals surface area contributed by atoms with Crippen LogP contribution in [-0.2, 0) is 19.1 Å². The number of allylic oxidation sites excluding steroid dienone is 2. The monoisotopic (exact) mass is 348 g/mol. The molecular formula is C19H24O6. The molecule has 3 atom stereocenters. The van der Waals surface area contributed by atoms with Crippen molar-refractivity contribution in [3.05, 3.63) is 47.6 Å². The normalized spacial score (nSPS) is 26.9. The van der Waals surface area contributed by atoms with Crippen molar-refractivity contribution < 1.29 is 29.3 Å². The van der Waals surface area contributed by atoms with E-state index in [0.29, 0.717) is 6.42 Å².